The number of anilines is 2. The molecule has 2 heterocycles. The molecule has 0 spiro atoms. The van der Waals surface area contributed by atoms with E-state index >= 15 is 4.39 Å². The fourth-order valence-electron chi connectivity index (χ4n) is 3.38. The third kappa shape index (κ3) is 5.08. The zero-order valence-corrected chi connectivity index (χ0v) is 18.7. The number of benzene rings is 2. The summed E-state index contributed by atoms with van der Waals surface area (Å²) in [5.41, 5.74) is 5.63. The lowest BCUT2D eigenvalue weighted by Crippen LogP contribution is -2.53. The van der Waals surface area contributed by atoms with Crippen LogP contribution >= 0.6 is 0 Å². The number of nitrogens with zero attached hydrogens (tertiary/aromatic N) is 2. The number of ether oxygens (including phenoxy) is 2. The van der Waals surface area contributed by atoms with E-state index in [0.29, 0.717) is 11.4 Å². The molecule has 192 valence electrons. The van der Waals surface area contributed by atoms with Crippen LogP contribution in [0.2, 0.25) is 0 Å². The summed E-state index contributed by atoms with van der Waals surface area (Å²) in [6.07, 6.45) is -3.60. The van der Waals surface area contributed by atoms with Crippen molar-refractivity contribution >= 4 is 11.4 Å². The number of halogens is 6. The van der Waals surface area contributed by atoms with Crippen LogP contribution in [0.25, 0.3) is 0 Å². The van der Waals surface area contributed by atoms with Gasteiger partial charge in [-0.05, 0) is 36.4 Å². The molecule has 0 fully saturated rings. The number of nitrogen functional groups attached to an aromatic ring is 2. The maximum atomic E-state index is 16.1. The van der Waals surface area contributed by atoms with Crippen LogP contribution in [-0.4, -0.2) is 22.1 Å². The summed E-state index contributed by atoms with van der Waals surface area (Å²) in [6, 6.07) is 13.2. The van der Waals surface area contributed by atoms with E-state index in [1.54, 1.807) is 0 Å². The molecule has 0 atom stereocenters. The van der Waals surface area contributed by atoms with Gasteiger partial charge in [-0.15, -0.1) is 0 Å². The fourth-order valence-corrected chi connectivity index (χ4v) is 3.38. The highest BCUT2D eigenvalue weighted by Crippen LogP contribution is 2.54. The highest BCUT2D eigenvalue weighted by atomic mass is 19.4. The first-order chi connectivity index (χ1) is 17.4. The molecule has 0 radical (unpaired) electrons. The molecule has 0 aliphatic heterocycles. The number of hydrogen-bond donors (Lipinski definition) is 2. The predicted molar refractivity (Wildman–Crippen MR) is 123 cm³/mol. The molecule has 2 aromatic carbocycles. The van der Waals surface area contributed by atoms with E-state index in [0.717, 1.165) is 48.5 Å². The van der Waals surface area contributed by atoms with Crippen molar-refractivity contribution in [3.63, 3.8) is 0 Å². The average molecular weight is 520 g/mol. The Morgan fingerprint density at radius 1 is 0.541 bits per heavy atom. The van der Waals surface area contributed by atoms with Gasteiger partial charge in [-0.3, -0.25) is 0 Å². The van der Waals surface area contributed by atoms with Gasteiger partial charge in [0.05, 0.1) is 23.8 Å². The van der Waals surface area contributed by atoms with Crippen molar-refractivity contribution in [2.24, 2.45) is 0 Å². The molecule has 2 aromatic heterocycles. The van der Waals surface area contributed by atoms with Crippen molar-refractivity contribution in [1.29, 1.82) is 0 Å². The van der Waals surface area contributed by atoms with Crippen LogP contribution in [0.5, 0.6) is 23.3 Å². The average Bonchev–Trinajstić information content (AvgIpc) is 2.86. The SMILES string of the molecule is Nc1ccc(Oc2ccc(C(F)(c3ccc(Oc4ccc(N)cn4)cc3)C(F)(F)C(F)(F)F)cc2)nc1. The number of hydrogen-bond acceptors (Lipinski definition) is 6. The van der Waals surface area contributed by atoms with Crippen LogP contribution in [0.1, 0.15) is 11.1 Å². The highest BCUT2D eigenvalue weighted by Gasteiger charge is 2.72. The van der Waals surface area contributed by atoms with Gasteiger partial charge in [0.2, 0.25) is 17.4 Å². The quantitative estimate of drug-likeness (QED) is 0.265. The first-order valence-electron chi connectivity index (χ1n) is 10.5. The van der Waals surface area contributed by atoms with E-state index in [-0.39, 0.29) is 23.3 Å². The lowest BCUT2D eigenvalue weighted by molar-refractivity contribution is -0.323. The van der Waals surface area contributed by atoms with Gasteiger partial charge in [0.25, 0.3) is 0 Å². The smallest absolute Gasteiger partial charge is 0.439 e. The van der Waals surface area contributed by atoms with Crippen LogP contribution < -0.4 is 20.9 Å². The molecule has 37 heavy (non-hydrogen) atoms. The Labute approximate surface area is 206 Å². The summed E-state index contributed by atoms with van der Waals surface area (Å²) in [6.45, 7) is 0. The largest absolute Gasteiger partial charge is 0.457 e. The molecule has 0 saturated carbocycles. The molecule has 4 rings (SSSR count). The van der Waals surface area contributed by atoms with E-state index in [1.165, 1.54) is 36.7 Å². The van der Waals surface area contributed by atoms with E-state index in [1.807, 2.05) is 0 Å². The van der Waals surface area contributed by atoms with Crippen molar-refractivity contribution in [3.05, 3.63) is 96.3 Å². The third-order valence-electron chi connectivity index (χ3n) is 5.26. The van der Waals surface area contributed by atoms with Gasteiger partial charge in [-0.1, -0.05) is 24.3 Å². The summed E-state index contributed by atoms with van der Waals surface area (Å²) >= 11 is 0. The van der Waals surface area contributed by atoms with Crippen LogP contribution in [0, 0.1) is 0 Å². The number of aromatic nitrogens is 2. The maximum Gasteiger partial charge on any atom is 0.457 e. The van der Waals surface area contributed by atoms with Crippen molar-refractivity contribution in [1.82, 2.24) is 9.97 Å². The number of nitrogens with two attached hydrogens (primary N) is 2. The monoisotopic (exact) mass is 520 g/mol. The Morgan fingerprint density at radius 3 is 1.22 bits per heavy atom. The standard InChI is InChI=1S/C25H18F6N4O2/c26-23(24(27,28)25(29,30)31,15-1-7-19(8-2-15)36-21-11-5-17(32)13-34-21)16-3-9-20(10-4-16)37-22-12-6-18(33)14-35-22/h1-14H,32-33H2. The van der Waals surface area contributed by atoms with E-state index < -0.39 is 28.9 Å². The van der Waals surface area contributed by atoms with Crippen molar-refractivity contribution in [2.45, 2.75) is 17.8 Å². The van der Waals surface area contributed by atoms with Gasteiger partial charge in [0, 0.05) is 23.3 Å². The Kier molecular flexibility index (Phi) is 6.59. The Bertz CT molecular complexity index is 1250. The van der Waals surface area contributed by atoms with Crippen molar-refractivity contribution < 1.29 is 35.8 Å². The molecule has 4 aromatic rings. The zero-order valence-electron chi connectivity index (χ0n) is 18.7. The molecule has 0 bridgehead atoms. The molecule has 0 amide bonds. The number of rotatable bonds is 7. The first-order valence-corrected chi connectivity index (χ1v) is 10.5. The van der Waals surface area contributed by atoms with Crippen LogP contribution in [-0.2, 0) is 5.67 Å². The zero-order chi connectivity index (χ0) is 26.8. The van der Waals surface area contributed by atoms with Gasteiger partial charge in [0.15, 0.2) is 0 Å². The maximum absolute atomic E-state index is 16.1. The van der Waals surface area contributed by atoms with Gasteiger partial charge < -0.3 is 20.9 Å². The lowest BCUT2D eigenvalue weighted by Gasteiger charge is -2.35. The first kappa shape index (κ1) is 25.6. The van der Waals surface area contributed by atoms with Gasteiger partial charge >= 0.3 is 12.1 Å². The summed E-state index contributed by atoms with van der Waals surface area (Å²) in [5.74, 6) is -5.57. The van der Waals surface area contributed by atoms with Crippen LogP contribution in [0.3, 0.4) is 0 Å². The molecule has 0 aliphatic carbocycles. The Balaban J connectivity index is 1.68. The predicted octanol–water partition coefficient (Wildman–Crippen LogP) is 6.64. The van der Waals surface area contributed by atoms with E-state index in [2.05, 4.69) is 9.97 Å². The molecular formula is C25H18F6N4O2. The van der Waals surface area contributed by atoms with Crippen LogP contribution in [0.15, 0.2) is 85.2 Å². The van der Waals surface area contributed by atoms with Gasteiger partial charge in [-0.25, -0.2) is 14.4 Å². The number of alkyl halides is 6. The molecule has 6 nitrogen and oxygen atoms in total. The van der Waals surface area contributed by atoms with Crippen molar-refractivity contribution in [3.8, 4) is 23.3 Å². The topological polar surface area (TPSA) is 96.3 Å². The summed E-state index contributed by atoms with van der Waals surface area (Å²) < 4.78 is 96.6. The molecule has 12 heteroatoms. The molecular weight excluding hydrogens is 502 g/mol. The second kappa shape index (κ2) is 9.52. The van der Waals surface area contributed by atoms with Crippen LogP contribution in [0.4, 0.5) is 37.7 Å². The van der Waals surface area contributed by atoms with Gasteiger partial charge in [-0.2, -0.15) is 22.0 Å². The van der Waals surface area contributed by atoms with E-state index in [4.69, 9.17) is 20.9 Å². The molecule has 0 aliphatic rings. The van der Waals surface area contributed by atoms with Crippen molar-refractivity contribution in [2.75, 3.05) is 11.5 Å². The second-order valence-corrected chi connectivity index (χ2v) is 7.84. The highest BCUT2D eigenvalue weighted by molar-refractivity contribution is 5.45. The summed E-state index contributed by atoms with van der Waals surface area (Å²) in [7, 11) is 0. The van der Waals surface area contributed by atoms with Gasteiger partial charge in [0.1, 0.15) is 11.5 Å². The molecule has 0 saturated heterocycles. The second-order valence-electron chi connectivity index (χ2n) is 7.84. The summed E-state index contributed by atoms with van der Waals surface area (Å²) in [5, 5.41) is 0. The third-order valence-corrected chi connectivity index (χ3v) is 5.26. The van der Waals surface area contributed by atoms with E-state index in [9.17, 15) is 22.0 Å². The minimum Gasteiger partial charge on any atom is -0.439 e. The fraction of sp³-hybridized carbons (Fsp3) is 0.120. The lowest BCUT2D eigenvalue weighted by atomic mass is 9.82. The Hall–Kier alpha value is -4.48. The Morgan fingerprint density at radius 2 is 0.919 bits per heavy atom. The molecule has 4 N–H and O–H groups in total. The minimum atomic E-state index is -6.20. The number of pyridine rings is 2. The summed E-state index contributed by atoms with van der Waals surface area (Å²) in [4.78, 5) is 7.79. The minimum absolute atomic E-state index is 0.0263. The normalized spacial score (nSPS) is 12.3. The molecule has 0 unspecified atom stereocenters.